The second kappa shape index (κ2) is 9.99. The molecule has 0 saturated heterocycles. The van der Waals surface area contributed by atoms with Crippen molar-refractivity contribution in [2.24, 2.45) is 0 Å². The van der Waals surface area contributed by atoms with Gasteiger partial charge in [0.2, 0.25) is 0 Å². The summed E-state index contributed by atoms with van der Waals surface area (Å²) in [5.74, 6) is -1.21. The zero-order valence-corrected chi connectivity index (χ0v) is 19.6. The molecule has 0 aliphatic rings. The SMILES string of the molecule is Clc1cc(Cl)c2nc(-c3cccc(Br)c3)cn2c1.O=[N+]([O-])c1cc([N+](=O)[O-])c(O)c([N+](=O)[O-])c1. The van der Waals surface area contributed by atoms with Crippen molar-refractivity contribution in [3.05, 3.63) is 99.7 Å². The quantitative estimate of drug-likeness (QED) is 0.224. The number of hydrogen-bond donors (Lipinski definition) is 1. The third-order valence-corrected chi connectivity index (χ3v) is 5.23. The van der Waals surface area contributed by atoms with Crippen LogP contribution in [0.15, 0.2) is 59.3 Å². The number of benzene rings is 2. The number of phenolic OH excluding ortho intramolecular Hbond substituents is 1. The lowest BCUT2D eigenvalue weighted by Crippen LogP contribution is -1.97. The van der Waals surface area contributed by atoms with E-state index < -0.39 is 37.6 Å². The molecule has 12 nitrogen and oxygen atoms in total. The number of hydrogen-bond acceptors (Lipinski definition) is 8. The summed E-state index contributed by atoms with van der Waals surface area (Å²) in [7, 11) is 0. The predicted molar refractivity (Wildman–Crippen MR) is 126 cm³/mol. The average Bonchev–Trinajstić information content (AvgIpc) is 3.18. The Hall–Kier alpha value is -3.81. The van der Waals surface area contributed by atoms with Crippen LogP contribution in [0, 0.1) is 30.3 Å². The van der Waals surface area contributed by atoms with Gasteiger partial charge in [-0.15, -0.1) is 0 Å². The number of aromatic hydroxyl groups is 1. The molecule has 0 saturated carbocycles. The standard InChI is InChI=1S/C13H7BrCl2N2.C6H3N3O7/c14-9-3-1-2-8(4-9)12-7-18-6-10(15)5-11(16)13(18)17-12;10-6-4(8(13)14)1-3(7(11)12)2-5(6)9(15)16/h1-7H;1-2,10H. The molecule has 0 spiro atoms. The Balaban J connectivity index is 0.000000192. The fraction of sp³-hybridized carbons (Fsp3) is 0. The summed E-state index contributed by atoms with van der Waals surface area (Å²) in [6.07, 6.45) is 3.70. The second-order valence-electron chi connectivity index (χ2n) is 6.48. The maximum absolute atomic E-state index is 10.4. The molecular weight excluding hydrogens is 561 g/mol. The van der Waals surface area contributed by atoms with E-state index in [1.165, 1.54) is 0 Å². The topological polar surface area (TPSA) is 167 Å². The number of imidazole rings is 1. The molecule has 0 unspecified atom stereocenters. The van der Waals surface area contributed by atoms with Gasteiger partial charge < -0.3 is 9.51 Å². The third kappa shape index (κ3) is 5.39. The van der Waals surface area contributed by atoms with Crippen molar-refractivity contribution in [1.29, 1.82) is 0 Å². The average molecular weight is 571 g/mol. The van der Waals surface area contributed by atoms with Crippen LogP contribution in [0.5, 0.6) is 5.75 Å². The number of nitro benzene ring substituents is 3. The number of nitro groups is 3. The normalized spacial score (nSPS) is 10.4. The highest BCUT2D eigenvalue weighted by atomic mass is 79.9. The minimum absolute atomic E-state index is 0.447. The maximum Gasteiger partial charge on any atom is 0.324 e. The summed E-state index contributed by atoms with van der Waals surface area (Å²) in [6.45, 7) is 0. The molecule has 2 aromatic heterocycles. The Morgan fingerprint density at radius 2 is 1.53 bits per heavy atom. The number of pyridine rings is 1. The largest absolute Gasteiger partial charge is 0.497 e. The van der Waals surface area contributed by atoms with E-state index >= 15 is 0 Å². The lowest BCUT2D eigenvalue weighted by Gasteiger charge is -1.97. The lowest BCUT2D eigenvalue weighted by atomic mass is 10.2. The van der Waals surface area contributed by atoms with Crippen LogP contribution < -0.4 is 0 Å². The Labute approximate surface area is 207 Å². The van der Waals surface area contributed by atoms with E-state index in [1.807, 2.05) is 34.9 Å². The van der Waals surface area contributed by atoms with Gasteiger partial charge in [-0.25, -0.2) is 4.98 Å². The van der Waals surface area contributed by atoms with Crippen LogP contribution in [0.2, 0.25) is 10.0 Å². The molecule has 1 N–H and O–H groups in total. The first-order valence-electron chi connectivity index (χ1n) is 8.87. The van der Waals surface area contributed by atoms with Gasteiger partial charge in [-0.1, -0.05) is 51.3 Å². The second-order valence-corrected chi connectivity index (χ2v) is 8.24. The van der Waals surface area contributed by atoms with Crippen molar-refractivity contribution in [3.8, 4) is 17.0 Å². The Morgan fingerprint density at radius 3 is 2.06 bits per heavy atom. The van der Waals surface area contributed by atoms with Gasteiger partial charge in [-0.05, 0) is 18.2 Å². The number of phenols is 1. The van der Waals surface area contributed by atoms with Crippen LogP contribution >= 0.6 is 39.1 Å². The highest BCUT2D eigenvalue weighted by Gasteiger charge is 2.30. The van der Waals surface area contributed by atoms with Crippen LogP contribution in [0.3, 0.4) is 0 Å². The highest BCUT2D eigenvalue weighted by Crippen LogP contribution is 2.39. The molecule has 174 valence electrons. The van der Waals surface area contributed by atoms with Gasteiger partial charge in [0.1, 0.15) is 0 Å². The molecule has 34 heavy (non-hydrogen) atoms. The van der Waals surface area contributed by atoms with Gasteiger partial charge in [0.05, 0.1) is 42.6 Å². The number of nitrogens with zero attached hydrogens (tertiary/aromatic N) is 5. The van der Waals surface area contributed by atoms with Crippen molar-refractivity contribution in [3.63, 3.8) is 0 Å². The van der Waals surface area contributed by atoms with Gasteiger partial charge >= 0.3 is 11.4 Å². The summed E-state index contributed by atoms with van der Waals surface area (Å²) in [5, 5.41) is 41.3. The van der Waals surface area contributed by atoms with Gasteiger partial charge in [0, 0.05) is 22.4 Å². The number of fused-ring (bicyclic) bond motifs is 1. The van der Waals surface area contributed by atoms with E-state index in [0.29, 0.717) is 27.8 Å². The Bertz CT molecular complexity index is 1430. The number of halogens is 3. The van der Waals surface area contributed by atoms with Gasteiger partial charge in [0.15, 0.2) is 5.65 Å². The van der Waals surface area contributed by atoms with Crippen molar-refractivity contribution in [2.75, 3.05) is 0 Å². The molecule has 2 aromatic carbocycles. The molecule has 0 amide bonds. The minimum atomic E-state index is -1.21. The van der Waals surface area contributed by atoms with Crippen LogP contribution in [-0.4, -0.2) is 29.3 Å². The van der Waals surface area contributed by atoms with Crippen LogP contribution in [0.4, 0.5) is 17.1 Å². The molecule has 0 atom stereocenters. The van der Waals surface area contributed by atoms with Gasteiger partial charge in [-0.3, -0.25) is 30.3 Å². The van der Waals surface area contributed by atoms with Gasteiger partial charge in [-0.2, -0.15) is 0 Å². The Kier molecular flexibility index (Phi) is 7.29. The predicted octanol–water partition coefficient (Wildman–Crippen LogP) is 6.19. The molecule has 4 rings (SSSR count). The monoisotopic (exact) mass is 569 g/mol. The van der Waals surface area contributed by atoms with Crippen LogP contribution in [0.1, 0.15) is 0 Å². The van der Waals surface area contributed by atoms with Crippen molar-refractivity contribution in [2.45, 2.75) is 0 Å². The zero-order chi connectivity index (χ0) is 25.2. The summed E-state index contributed by atoms with van der Waals surface area (Å²) in [6, 6.07) is 10.5. The fourth-order valence-corrected chi connectivity index (χ4v) is 3.71. The van der Waals surface area contributed by atoms with Gasteiger partial charge in [0.25, 0.3) is 11.4 Å². The number of aromatic nitrogens is 2. The number of rotatable bonds is 4. The third-order valence-electron chi connectivity index (χ3n) is 4.25. The first-order chi connectivity index (χ1) is 16.0. The van der Waals surface area contributed by atoms with Crippen molar-refractivity contribution in [1.82, 2.24) is 9.38 Å². The van der Waals surface area contributed by atoms with Crippen molar-refractivity contribution < 1.29 is 19.9 Å². The number of non-ortho nitro benzene ring substituents is 1. The first-order valence-corrected chi connectivity index (χ1v) is 10.4. The molecule has 0 aliphatic heterocycles. The molecule has 0 radical (unpaired) electrons. The van der Waals surface area contributed by atoms with E-state index in [0.717, 1.165) is 15.7 Å². The summed E-state index contributed by atoms with van der Waals surface area (Å²) >= 11 is 15.5. The molecule has 2 heterocycles. The molecule has 4 aromatic rings. The summed E-state index contributed by atoms with van der Waals surface area (Å²) in [5.41, 5.74) is -0.408. The van der Waals surface area contributed by atoms with E-state index in [2.05, 4.69) is 20.9 Å². The molecular formula is C19H10BrCl2N5O7. The Morgan fingerprint density at radius 1 is 0.912 bits per heavy atom. The minimum Gasteiger partial charge on any atom is -0.497 e. The molecule has 0 bridgehead atoms. The maximum atomic E-state index is 10.4. The first kappa shape index (κ1) is 24.8. The highest BCUT2D eigenvalue weighted by molar-refractivity contribution is 9.10. The molecule has 0 aliphatic carbocycles. The zero-order valence-electron chi connectivity index (χ0n) is 16.5. The van der Waals surface area contributed by atoms with E-state index in [-0.39, 0.29) is 0 Å². The van der Waals surface area contributed by atoms with Crippen LogP contribution in [-0.2, 0) is 0 Å². The molecule has 15 heteroatoms. The summed E-state index contributed by atoms with van der Waals surface area (Å²) < 4.78 is 2.85. The smallest absolute Gasteiger partial charge is 0.324 e. The van der Waals surface area contributed by atoms with Crippen molar-refractivity contribution >= 4 is 61.8 Å². The van der Waals surface area contributed by atoms with E-state index in [9.17, 15) is 30.3 Å². The summed E-state index contributed by atoms with van der Waals surface area (Å²) in [4.78, 5) is 32.3. The van der Waals surface area contributed by atoms with E-state index in [4.69, 9.17) is 28.3 Å². The lowest BCUT2D eigenvalue weighted by molar-refractivity contribution is -0.404. The molecule has 0 fully saturated rings. The van der Waals surface area contributed by atoms with E-state index in [1.54, 1.807) is 12.3 Å². The fourth-order valence-electron chi connectivity index (χ4n) is 2.78. The van der Waals surface area contributed by atoms with Crippen LogP contribution in [0.25, 0.3) is 16.9 Å².